The molecule has 1 saturated heterocycles. The largest absolute Gasteiger partial charge is 0.366 e. The van der Waals surface area contributed by atoms with Crippen molar-refractivity contribution in [1.29, 1.82) is 0 Å². The minimum atomic E-state index is -0.239. The molecule has 0 saturated carbocycles. The Morgan fingerprint density at radius 1 is 1.21 bits per heavy atom. The maximum Gasteiger partial charge on any atom is 0.242 e. The van der Waals surface area contributed by atoms with E-state index in [0.29, 0.717) is 31.9 Å². The summed E-state index contributed by atoms with van der Waals surface area (Å²) in [7, 11) is 0. The van der Waals surface area contributed by atoms with Gasteiger partial charge in [0.05, 0.1) is 12.2 Å². The average Bonchev–Trinajstić information content (AvgIpc) is 2.59. The van der Waals surface area contributed by atoms with Gasteiger partial charge in [-0.2, -0.15) is 0 Å². The number of hydrogen-bond donors (Lipinski definition) is 0. The van der Waals surface area contributed by atoms with E-state index in [4.69, 9.17) is 0 Å². The van der Waals surface area contributed by atoms with Crippen LogP contribution in [0.5, 0.6) is 0 Å². The van der Waals surface area contributed by atoms with Gasteiger partial charge in [0.15, 0.2) is 0 Å². The fourth-order valence-corrected chi connectivity index (χ4v) is 2.95. The van der Waals surface area contributed by atoms with Crippen LogP contribution >= 0.6 is 0 Å². The maximum atomic E-state index is 13.9. The fraction of sp³-hybridized carbons (Fsp3) is 0.556. The number of halogens is 1. The number of piperazine rings is 1. The summed E-state index contributed by atoms with van der Waals surface area (Å²) in [5.74, 6) is -0.363. The van der Waals surface area contributed by atoms with Gasteiger partial charge in [0.1, 0.15) is 5.82 Å². The normalized spacial score (nSPS) is 16.0. The van der Waals surface area contributed by atoms with Crippen molar-refractivity contribution < 1.29 is 14.0 Å². The summed E-state index contributed by atoms with van der Waals surface area (Å²) in [4.78, 5) is 29.6. The monoisotopic (exact) mass is 335 g/mol. The molecule has 1 atom stereocenters. The van der Waals surface area contributed by atoms with Crippen molar-refractivity contribution in [3.63, 3.8) is 0 Å². The molecule has 1 aromatic carbocycles. The second-order valence-electron chi connectivity index (χ2n) is 6.22. The molecule has 5 nitrogen and oxygen atoms in total. The van der Waals surface area contributed by atoms with E-state index in [1.807, 2.05) is 24.8 Å². The Hall–Kier alpha value is -2.11. The van der Waals surface area contributed by atoms with Crippen molar-refractivity contribution >= 4 is 17.5 Å². The number of nitrogens with zero attached hydrogens (tertiary/aromatic N) is 3. The first kappa shape index (κ1) is 18.2. The van der Waals surface area contributed by atoms with E-state index in [2.05, 4.69) is 0 Å². The number of benzene rings is 1. The maximum absolute atomic E-state index is 13.9. The van der Waals surface area contributed by atoms with Crippen LogP contribution < -0.4 is 4.90 Å². The molecular formula is C18H26FN3O2. The molecule has 6 heteroatoms. The quantitative estimate of drug-likeness (QED) is 0.828. The Labute approximate surface area is 143 Å². The highest BCUT2D eigenvalue weighted by Crippen LogP contribution is 2.20. The van der Waals surface area contributed by atoms with Gasteiger partial charge in [-0.3, -0.25) is 9.59 Å². The highest BCUT2D eigenvalue weighted by atomic mass is 19.1. The number of hydrogen-bond acceptors (Lipinski definition) is 3. The van der Waals surface area contributed by atoms with E-state index >= 15 is 0 Å². The summed E-state index contributed by atoms with van der Waals surface area (Å²) in [6.45, 7) is 7.83. The van der Waals surface area contributed by atoms with Crippen molar-refractivity contribution in [3.05, 3.63) is 30.1 Å². The van der Waals surface area contributed by atoms with E-state index in [9.17, 15) is 14.0 Å². The summed E-state index contributed by atoms with van der Waals surface area (Å²) in [6.07, 6.45) is 0.813. The molecule has 1 fully saturated rings. The number of anilines is 1. The lowest BCUT2D eigenvalue weighted by Crippen LogP contribution is -2.52. The van der Waals surface area contributed by atoms with E-state index in [1.54, 1.807) is 21.9 Å². The molecule has 0 aromatic heterocycles. The first-order valence-corrected chi connectivity index (χ1v) is 8.48. The van der Waals surface area contributed by atoms with Crippen LogP contribution in [-0.4, -0.2) is 60.4 Å². The molecule has 1 aliphatic rings. The Morgan fingerprint density at radius 2 is 1.83 bits per heavy atom. The van der Waals surface area contributed by atoms with Gasteiger partial charge in [-0.05, 0) is 25.5 Å². The molecule has 132 valence electrons. The highest BCUT2D eigenvalue weighted by Gasteiger charge is 2.26. The summed E-state index contributed by atoms with van der Waals surface area (Å²) >= 11 is 0. The predicted molar refractivity (Wildman–Crippen MR) is 92.3 cm³/mol. The third kappa shape index (κ3) is 4.24. The Kier molecular flexibility index (Phi) is 6.17. The van der Waals surface area contributed by atoms with Gasteiger partial charge >= 0.3 is 0 Å². The third-order valence-corrected chi connectivity index (χ3v) is 4.66. The fourth-order valence-electron chi connectivity index (χ4n) is 2.95. The van der Waals surface area contributed by atoms with Crippen molar-refractivity contribution in [2.75, 3.05) is 37.6 Å². The summed E-state index contributed by atoms with van der Waals surface area (Å²) in [5.41, 5.74) is 0.578. The second kappa shape index (κ2) is 8.13. The number of carbonyl (C=O) groups is 2. The van der Waals surface area contributed by atoms with Gasteiger partial charge in [0, 0.05) is 39.1 Å². The lowest BCUT2D eigenvalue weighted by Gasteiger charge is -2.37. The molecule has 24 heavy (non-hydrogen) atoms. The van der Waals surface area contributed by atoms with Gasteiger partial charge in [0.25, 0.3) is 0 Å². The van der Waals surface area contributed by atoms with Crippen LogP contribution in [0.25, 0.3) is 0 Å². The van der Waals surface area contributed by atoms with Crippen LogP contribution in [0.1, 0.15) is 27.2 Å². The molecule has 1 aromatic rings. The summed E-state index contributed by atoms with van der Waals surface area (Å²) in [5, 5.41) is 0. The zero-order chi connectivity index (χ0) is 17.7. The molecule has 1 heterocycles. The van der Waals surface area contributed by atoms with Gasteiger partial charge in [-0.1, -0.05) is 19.1 Å². The van der Waals surface area contributed by atoms with Crippen LogP contribution in [-0.2, 0) is 9.59 Å². The minimum absolute atomic E-state index is 0.0429. The smallest absolute Gasteiger partial charge is 0.242 e. The molecule has 0 bridgehead atoms. The number of para-hydroxylation sites is 1. The minimum Gasteiger partial charge on any atom is -0.366 e. The first-order chi connectivity index (χ1) is 11.4. The zero-order valence-electron chi connectivity index (χ0n) is 14.7. The summed E-state index contributed by atoms with van der Waals surface area (Å²) < 4.78 is 13.9. The van der Waals surface area contributed by atoms with Crippen LogP contribution in [0, 0.1) is 5.82 Å². The topological polar surface area (TPSA) is 43.9 Å². The van der Waals surface area contributed by atoms with E-state index < -0.39 is 0 Å². The van der Waals surface area contributed by atoms with Crippen LogP contribution in [0.3, 0.4) is 0 Å². The molecular weight excluding hydrogens is 309 g/mol. The average molecular weight is 335 g/mol. The lowest BCUT2D eigenvalue weighted by molar-refractivity contribution is -0.141. The standard InChI is InChI=1S/C18H26FN3O2/c1-4-14(2)22(15(3)23)13-18(24)21-11-9-20(10-12-21)17-8-6-5-7-16(17)19/h5-8,14H,4,9-13H2,1-3H3. The molecule has 0 radical (unpaired) electrons. The van der Waals surface area contributed by atoms with Crippen molar-refractivity contribution in [2.24, 2.45) is 0 Å². The van der Waals surface area contributed by atoms with Gasteiger partial charge in [-0.25, -0.2) is 4.39 Å². The summed E-state index contributed by atoms with van der Waals surface area (Å²) in [6, 6.07) is 6.74. The first-order valence-electron chi connectivity index (χ1n) is 8.48. The lowest BCUT2D eigenvalue weighted by atomic mass is 10.2. The van der Waals surface area contributed by atoms with E-state index in [-0.39, 0.29) is 30.2 Å². The van der Waals surface area contributed by atoms with Crippen LogP contribution in [0.2, 0.25) is 0 Å². The van der Waals surface area contributed by atoms with Crippen molar-refractivity contribution in [1.82, 2.24) is 9.80 Å². The predicted octanol–water partition coefficient (Wildman–Crippen LogP) is 2.12. The van der Waals surface area contributed by atoms with E-state index in [1.165, 1.54) is 13.0 Å². The van der Waals surface area contributed by atoms with Crippen LogP contribution in [0.4, 0.5) is 10.1 Å². The molecule has 0 N–H and O–H groups in total. The molecule has 0 aliphatic carbocycles. The Bertz CT molecular complexity index is 585. The molecule has 2 rings (SSSR count). The second-order valence-corrected chi connectivity index (χ2v) is 6.22. The third-order valence-electron chi connectivity index (χ3n) is 4.66. The highest BCUT2D eigenvalue weighted by molar-refractivity contribution is 5.84. The van der Waals surface area contributed by atoms with Gasteiger partial charge < -0.3 is 14.7 Å². The molecule has 1 aliphatic heterocycles. The van der Waals surface area contributed by atoms with Crippen molar-refractivity contribution in [3.8, 4) is 0 Å². The molecule has 0 spiro atoms. The SMILES string of the molecule is CCC(C)N(CC(=O)N1CCN(c2ccccc2F)CC1)C(C)=O. The number of rotatable bonds is 5. The van der Waals surface area contributed by atoms with Gasteiger partial charge in [-0.15, -0.1) is 0 Å². The molecule has 2 amide bonds. The van der Waals surface area contributed by atoms with Crippen LogP contribution in [0.15, 0.2) is 24.3 Å². The number of carbonyl (C=O) groups excluding carboxylic acids is 2. The number of amides is 2. The Balaban J connectivity index is 1.93. The van der Waals surface area contributed by atoms with E-state index in [0.717, 1.165) is 6.42 Å². The zero-order valence-corrected chi connectivity index (χ0v) is 14.7. The molecule has 1 unspecified atom stereocenters. The Morgan fingerprint density at radius 3 is 2.38 bits per heavy atom. The van der Waals surface area contributed by atoms with Gasteiger partial charge in [0.2, 0.25) is 11.8 Å². The van der Waals surface area contributed by atoms with Crippen molar-refractivity contribution in [2.45, 2.75) is 33.2 Å².